The minimum atomic E-state index is -4.95. The van der Waals surface area contributed by atoms with Crippen LogP contribution < -0.4 is 0 Å². The van der Waals surface area contributed by atoms with Crippen molar-refractivity contribution in [2.75, 3.05) is 39.6 Å². The summed E-state index contributed by atoms with van der Waals surface area (Å²) in [5.41, 5.74) is 0. The second-order valence-corrected chi connectivity index (χ2v) is 29.5. The van der Waals surface area contributed by atoms with Crippen LogP contribution in [0.5, 0.6) is 0 Å². The topological polar surface area (TPSA) is 237 Å². The fourth-order valence-electron chi connectivity index (χ4n) is 11.1. The average molecular weight is 1350 g/mol. The molecule has 0 aromatic rings. The fourth-order valence-corrected chi connectivity index (χ4v) is 12.7. The fraction of sp³-hybridized carbons (Fsp3) is 0.945. The van der Waals surface area contributed by atoms with Crippen molar-refractivity contribution in [1.82, 2.24) is 0 Å². The third-order valence-corrected chi connectivity index (χ3v) is 19.3. The number of esters is 4. The Bertz CT molecular complexity index is 1770. The number of phosphoric acid groups is 2. The van der Waals surface area contributed by atoms with Crippen molar-refractivity contribution in [3.8, 4) is 0 Å². The molecule has 0 aromatic carbocycles. The smallest absolute Gasteiger partial charge is 0.462 e. The molecule has 0 saturated heterocycles. The second kappa shape index (κ2) is 66.3. The van der Waals surface area contributed by atoms with Gasteiger partial charge in [0.1, 0.15) is 19.3 Å². The molecule has 0 bridgehead atoms. The van der Waals surface area contributed by atoms with Gasteiger partial charge in [-0.2, -0.15) is 0 Å². The van der Waals surface area contributed by atoms with Gasteiger partial charge >= 0.3 is 39.5 Å². The summed E-state index contributed by atoms with van der Waals surface area (Å²) in [7, 11) is -9.89. The van der Waals surface area contributed by atoms with Gasteiger partial charge in [-0.15, -0.1) is 0 Å². The SMILES string of the molecule is CCCCCCCCCCCCCCCCCC(=O)OC[C@H](COP(=O)(O)OC[C@@H](O)COP(=O)(O)OC[C@@H](COC(=O)CCCCCCC)OC(=O)CCCCCCCCCCCC)OC(=O)CCCCCCCCCCCCCCCCCCCCC(C)CC. The lowest BCUT2D eigenvalue weighted by molar-refractivity contribution is -0.161. The van der Waals surface area contributed by atoms with Gasteiger partial charge in [-0.1, -0.05) is 330 Å². The zero-order valence-corrected chi connectivity index (χ0v) is 61.5. The molecule has 0 aliphatic rings. The number of aliphatic hydroxyl groups is 1. The predicted octanol–water partition coefficient (Wildman–Crippen LogP) is 21.3. The molecule has 3 unspecified atom stereocenters. The third-order valence-electron chi connectivity index (χ3n) is 17.4. The largest absolute Gasteiger partial charge is 0.472 e. The van der Waals surface area contributed by atoms with E-state index in [9.17, 15) is 43.2 Å². The minimum absolute atomic E-state index is 0.106. The molecule has 0 aromatic heterocycles. The molecule has 19 heteroatoms. The zero-order chi connectivity index (χ0) is 67.7. The van der Waals surface area contributed by atoms with Crippen molar-refractivity contribution in [1.29, 1.82) is 0 Å². The molecule has 0 amide bonds. The van der Waals surface area contributed by atoms with Crippen molar-refractivity contribution in [3.63, 3.8) is 0 Å². The molecule has 0 heterocycles. The maximum Gasteiger partial charge on any atom is 0.472 e. The van der Waals surface area contributed by atoms with E-state index in [2.05, 4.69) is 34.6 Å². The number of rotatable bonds is 73. The summed E-state index contributed by atoms with van der Waals surface area (Å²) in [5.74, 6) is -1.26. The van der Waals surface area contributed by atoms with Crippen LogP contribution in [0.1, 0.15) is 381 Å². The monoisotopic (exact) mass is 1350 g/mol. The van der Waals surface area contributed by atoms with Gasteiger partial charge in [0.05, 0.1) is 26.4 Å². The molecule has 0 aliphatic carbocycles. The maximum absolute atomic E-state index is 13.1. The van der Waals surface area contributed by atoms with Gasteiger partial charge in [0, 0.05) is 25.7 Å². The molecule has 546 valence electrons. The van der Waals surface area contributed by atoms with E-state index in [4.69, 9.17) is 37.0 Å². The molecule has 6 atom stereocenters. The zero-order valence-electron chi connectivity index (χ0n) is 59.7. The lowest BCUT2D eigenvalue weighted by Gasteiger charge is -2.21. The van der Waals surface area contributed by atoms with Crippen LogP contribution >= 0.6 is 15.6 Å². The standard InChI is InChI=1S/C73H142O17P2/c1-6-10-13-16-18-20-22-23-28-32-35-39-42-47-52-57-71(76)84-63-69(90-73(78)59-54-49-44-40-36-33-30-27-25-24-26-29-31-34-37-41-46-50-55-66(5)9-4)65-88-92(81,82)86-61-67(74)60-85-91(79,80)87-64-68(62-83-70(75)56-51-45-15-12-8-3)89-72(77)58-53-48-43-38-21-19-17-14-11-7-2/h66-69,74H,6-65H2,1-5H3,(H,79,80)(H,81,82)/t66?,67-,68+,69+/m0/s1. The molecule has 0 fully saturated rings. The third kappa shape index (κ3) is 65.4. The van der Waals surface area contributed by atoms with Crippen molar-refractivity contribution >= 4 is 39.5 Å². The van der Waals surface area contributed by atoms with Gasteiger partial charge in [-0.05, 0) is 31.6 Å². The molecule has 17 nitrogen and oxygen atoms in total. The summed E-state index contributed by atoms with van der Waals surface area (Å²) < 4.78 is 68.1. The summed E-state index contributed by atoms with van der Waals surface area (Å²) in [6.07, 6.45) is 54.5. The van der Waals surface area contributed by atoms with Crippen molar-refractivity contribution in [3.05, 3.63) is 0 Å². The van der Waals surface area contributed by atoms with Crippen molar-refractivity contribution in [2.24, 2.45) is 5.92 Å². The first-order valence-electron chi connectivity index (χ1n) is 38.2. The van der Waals surface area contributed by atoms with E-state index in [1.807, 2.05) is 0 Å². The lowest BCUT2D eigenvalue weighted by Crippen LogP contribution is -2.30. The highest BCUT2D eigenvalue weighted by atomic mass is 31.2. The van der Waals surface area contributed by atoms with Crippen LogP contribution in [-0.4, -0.2) is 96.7 Å². The summed E-state index contributed by atoms with van der Waals surface area (Å²) in [5, 5.41) is 10.6. The van der Waals surface area contributed by atoms with Crippen molar-refractivity contribution < 1.29 is 80.2 Å². The van der Waals surface area contributed by atoms with E-state index in [0.717, 1.165) is 102 Å². The molecular weight excluding hydrogens is 1210 g/mol. The molecule has 0 saturated carbocycles. The number of phosphoric ester groups is 2. The van der Waals surface area contributed by atoms with Gasteiger partial charge in [-0.25, -0.2) is 9.13 Å². The van der Waals surface area contributed by atoms with Gasteiger partial charge in [0.15, 0.2) is 12.2 Å². The van der Waals surface area contributed by atoms with Crippen LogP contribution in [0.2, 0.25) is 0 Å². The van der Waals surface area contributed by atoms with E-state index in [1.54, 1.807) is 0 Å². The number of unbranched alkanes of at least 4 members (excludes halogenated alkanes) is 44. The molecule has 0 radical (unpaired) electrons. The van der Waals surface area contributed by atoms with Crippen LogP contribution in [0.25, 0.3) is 0 Å². The molecule has 0 spiro atoms. The quantitative estimate of drug-likeness (QED) is 0.0222. The number of hydrogen-bond donors (Lipinski definition) is 3. The number of hydrogen-bond acceptors (Lipinski definition) is 15. The number of aliphatic hydroxyl groups excluding tert-OH is 1. The Morgan fingerprint density at radius 2 is 0.522 bits per heavy atom. The molecule has 0 aliphatic heterocycles. The molecule has 3 N–H and O–H groups in total. The summed E-state index contributed by atoms with van der Waals surface area (Å²) in [6, 6.07) is 0. The number of carbonyl (C=O) groups excluding carboxylic acids is 4. The van der Waals surface area contributed by atoms with Crippen LogP contribution in [0.15, 0.2) is 0 Å². The van der Waals surface area contributed by atoms with Gasteiger partial charge in [0.2, 0.25) is 0 Å². The highest BCUT2D eigenvalue weighted by Crippen LogP contribution is 2.45. The first-order valence-corrected chi connectivity index (χ1v) is 41.2. The second-order valence-electron chi connectivity index (χ2n) is 26.6. The highest BCUT2D eigenvalue weighted by molar-refractivity contribution is 7.47. The average Bonchev–Trinajstić information content (AvgIpc) is 1.66. The van der Waals surface area contributed by atoms with Crippen LogP contribution in [0.4, 0.5) is 0 Å². The molecule has 92 heavy (non-hydrogen) atoms. The van der Waals surface area contributed by atoms with E-state index in [1.165, 1.54) is 199 Å². The Morgan fingerprint density at radius 3 is 0.772 bits per heavy atom. The highest BCUT2D eigenvalue weighted by Gasteiger charge is 2.30. The number of carbonyl (C=O) groups is 4. The lowest BCUT2D eigenvalue weighted by atomic mass is 9.99. The van der Waals surface area contributed by atoms with Crippen molar-refractivity contribution in [2.45, 2.75) is 400 Å². The van der Waals surface area contributed by atoms with Gasteiger partial charge in [-0.3, -0.25) is 37.3 Å². The Labute approximate surface area is 562 Å². The molecular formula is C73H142O17P2. The Morgan fingerprint density at radius 1 is 0.304 bits per heavy atom. The minimum Gasteiger partial charge on any atom is -0.462 e. The van der Waals surface area contributed by atoms with Crippen LogP contribution in [0, 0.1) is 5.92 Å². The molecule has 0 rings (SSSR count). The normalized spacial score (nSPS) is 14.3. The predicted molar refractivity (Wildman–Crippen MR) is 372 cm³/mol. The van der Waals surface area contributed by atoms with E-state index < -0.39 is 97.5 Å². The van der Waals surface area contributed by atoms with E-state index in [0.29, 0.717) is 25.7 Å². The summed E-state index contributed by atoms with van der Waals surface area (Å²) in [6.45, 7) is 7.24. The first kappa shape index (κ1) is 90.1. The van der Waals surface area contributed by atoms with Crippen LogP contribution in [-0.2, 0) is 65.4 Å². The van der Waals surface area contributed by atoms with Gasteiger partial charge < -0.3 is 33.8 Å². The number of ether oxygens (including phenoxy) is 4. The van der Waals surface area contributed by atoms with E-state index >= 15 is 0 Å². The van der Waals surface area contributed by atoms with Crippen LogP contribution in [0.3, 0.4) is 0 Å². The first-order chi connectivity index (χ1) is 44.6. The summed E-state index contributed by atoms with van der Waals surface area (Å²) >= 11 is 0. The Balaban J connectivity index is 5.10. The maximum atomic E-state index is 13.1. The van der Waals surface area contributed by atoms with Gasteiger partial charge in [0.25, 0.3) is 0 Å². The van der Waals surface area contributed by atoms with E-state index in [-0.39, 0.29) is 25.7 Å². The Hall–Kier alpha value is -1.94. The Kier molecular flexibility index (Phi) is 64.9. The summed E-state index contributed by atoms with van der Waals surface area (Å²) in [4.78, 5) is 72.3.